The van der Waals surface area contributed by atoms with Crippen molar-refractivity contribution in [3.05, 3.63) is 54.1 Å². The lowest BCUT2D eigenvalue weighted by atomic mass is 10.2. The van der Waals surface area contributed by atoms with Crippen LogP contribution in [0.3, 0.4) is 0 Å². The van der Waals surface area contributed by atoms with E-state index in [-0.39, 0.29) is 10.7 Å². The number of fused-ring (bicyclic) bond motifs is 1. The van der Waals surface area contributed by atoms with Gasteiger partial charge in [-0.15, -0.1) is 0 Å². The van der Waals surface area contributed by atoms with Gasteiger partial charge in [0.05, 0.1) is 22.8 Å². The highest BCUT2D eigenvalue weighted by Gasteiger charge is 2.31. The van der Waals surface area contributed by atoms with E-state index in [1.165, 1.54) is 17.3 Å². The third-order valence-corrected chi connectivity index (χ3v) is 6.52. The van der Waals surface area contributed by atoms with Crippen LogP contribution in [-0.4, -0.2) is 59.4 Å². The van der Waals surface area contributed by atoms with Crippen molar-refractivity contribution in [1.82, 2.24) is 4.90 Å². The number of ketones is 1. The average molecular weight is 388 g/mol. The highest BCUT2D eigenvalue weighted by atomic mass is 32.2. The highest BCUT2D eigenvalue weighted by molar-refractivity contribution is 7.92. The maximum absolute atomic E-state index is 13.3. The standard InChI is InChI=1S/C20H25N3O3S/c1-16(24)17-7-6-8-18(15-17)27(25,26)23-14-13-22(12-11-21(2)3)19-9-4-5-10-20(19)23/h4-10,15H,11-14H2,1-3H3. The lowest BCUT2D eigenvalue weighted by molar-refractivity contribution is 0.101. The normalized spacial score (nSPS) is 14.4. The topological polar surface area (TPSA) is 60.9 Å². The first-order chi connectivity index (χ1) is 12.8. The molecule has 0 fully saturated rings. The molecule has 0 unspecified atom stereocenters. The zero-order chi connectivity index (χ0) is 19.6. The predicted octanol–water partition coefficient (Wildman–Crippen LogP) is 2.47. The van der Waals surface area contributed by atoms with Gasteiger partial charge in [-0.25, -0.2) is 8.42 Å². The Morgan fingerprint density at radius 2 is 1.74 bits per heavy atom. The van der Waals surface area contributed by atoms with Gasteiger partial charge in [0.1, 0.15) is 0 Å². The largest absolute Gasteiger partial charge is 0.367 e. The smallest absolute Gasteiger partial charge is 0.264 e. The molecule has 2 aromatic rings. The van der Waals surface area contributed by atoms with Crippen LogP contribution in [0.1, 0.15) is 17.3 Å². The summed E-state index contributed by atoms with van der Waals surface area (Å²) in [6, 6.07) is 13.8. The molecule has 0 saturated heterocycles. The van der Waals surface area contributed by atoms with Crippen LogP contribution in [0.2, 0.25) is 0 Å². The van der Waals surface area contributed by atoms with Gasteiger partial charge in [0.25, 0.3) is 10.0 Å². The van der Waals surface area contributed by atoms with E-state index in [1.807, 2.05) is 38.4 Å². The van der Waals surface area contributed by atoms with Gasteiger partial charge in [-0.05, 0) is 45.3 Å². The minimum absolute atomic E-state index is 0.145. The van der Waals surface area contributed by atoms with Crippen LogP contribution in [0.5, 0.6) is 0 Å². The van der Waals surface area contributed by atoms with Crippen molar-refractivity contribution < 1.29 is 13.2 Å². The fourth-order valence-electron chi connectivity index (χ4n) is 3.20. The molecule has 1 heterocycles. The van der Waals surface area contributed by atoms with Gasteiger partial charge in [-0.3, -0.25) is 9.10 Å². The summed E-state index contributed by atoms with van der Waals surface area (Å²) >= 11 is 0. The molecule has 0 amide bonds. The zero-order valence-corrected chi connectivity index (χ0v) is 16.7. The predicted molar refractivity (Wildman–Crippen MR) is 108 cm³/mol. The van der Waals surface area contributed by atoms with Crippen LogP contribution < -0.4 is 9.21 Å². The Hall–Kier alpha value is -2.38. The molecule has 6 nitrogen and oxygen atoms in total. The van der Waals surface area contributed by atoms with Crippen molar-refractivity contribution in [3.63, 3.8) is 0 Å². The van der Waals surface area contributed by atoms with Gasteiger partial charge in [0, 0.05) is 25.2 Å². The Morgan fingerprint density at radius 1 is 1.04 bits per heavy atom. The monoisotopic (exact) mass is 387 g/mol. The third kappa shape index (κ3) is 3.99. The zero-order valence-electron chi connectivity index (χ0n) is 15.9. The van der Waals surface area contributed by atoms with Crippen LogP contribution >= 0.6 is 0 Å². The van der Waals surface area contributed by atoms with E-state index in [0.29, 0.717) is 24.3 Å². The summed E-state index contributed by atoms with van der Waals surface area (Å²) in [5.74, 6) is -0.152. The van der Waals surface area contributed by atoms with E-state index < -0.39 is 10.0 Å². The maximum Gasteiger partial charge on any atom is 0.264 e. The number of likely N-dealkylation sites (N-methyl/N-ethyl adjacent to an activating group) is 1. The molecule has 7 heteroatoms. The summed E-state index contributed by atoms with van der Waals surface area (Å²) in [5.41, 5.74) is 1.99. The summed E-state index contributed by atoms with van der Waals surface area (Å²) in [6.07, 6.45) is 0. The summed E-state index contributed by atoms with van der Waals surface area (Å²) < 4.78 is 28.0. The van der Waals surface area contributed by atoms with Gasteiger partial charge in [0.2, 0.25) is 0 Å². The van der Waals surface area contributed by atoms with Crippen LogP contribution in [0, 0.1) is 0 Å². The number of anilines is 2. The number of benzene rings is 2. The molecule has 0 atom stereocenters. The molecule has 0 saturated carbocycles. The number of sulfonamides is 1. The molecule has 3 rings (SSSR count). The molecule has 0 aliphatic carbocycles. The first-order valence-corrected chi connectivity index (χ1v) is 10.4. The molecule has 0 radical (unpaired) electrons. The van der Waals surface area contributed by atoms with Crippen molar-refractivity contribution in [2.45, 2.75) is 11.8 Å². The molecular weight excluding hydrogens is 362 g/mol. The fourth-order valence-corrected chi connectivity index (χ4v) is 4.72. The molecule has 1 aliphatic rings. The van der Waals surface area contributed by atoms with Crippen molar-refractivity contribution in [2.24, 2.45) is 0 Å². The van der Waals surface area contributed by atoms with Crippen molar-refractivity contribution in [1.29, 1.82) is 0 Å². The third-order valence-electron chi connectivity index (χ3n) is 4.71. The lowest BCUT2D eigenvalue weighted by Crippen LogP contribution is -2.45. The van der Waals surface area contributed by atoms with Gasteiger partial charge in [-0.2, -0.15) is 0 Å². The second-order valence-corrected chi connectivity index (χ2v) is 8.80. The maximum atomic E-state index is 13.3. The van der Waals surface area contributed by atoms with E-state index in [2.05, 4.69) is 9.80 Å². The molecule has 0 spiro atoms. The Bertz CT molecular complexity index is 941. The molecular formula is C20H25N3O3S. The lowest BCUT2D eigenvalue weighted by Gasteiger charge is -2.38. The summed E-state index contributed by atoms with van der Waals surface area (Å²) in [6.45, 7) is 4.15. The number of carbonyl (C=O) groups excluding carboxylic acids is 1. The number of hydrogen-bond acceptors (Lipinski definition) is 5. The SMILES string of the molecule is CC(=O)c1cccc(S(=O)(=O)N2CCN(CCN(C)C)c3ccccc32)c1. The Morgan fingerprint density at radius 3 is 2.41 bits per heavy atom. The summed E-state index contributed by atoms with van der Waals surface area (Å²) in [5, 5.41) is 0. The number of Topliss-reactive ketones (excluding diaryl/α,β-unsaturated/α-hetero) is 1. The van der Waals surface area contributed by atoms with Crippen molar-refractivity contribution >= 4 is 27.2 Å². The molecule has 144 valence electrons. The Kier molecular flexibility index (Phi) is 5.53. The first-order valence-electron chi connectivity index (χ1n) is 8.93. The van der Waals surface area contributed by atoms with E-state index in [9.17, 15) is 13.2 Å². The molecule has 0 bridgehead atoms. The second-order valence-electron chi connectivity index (χ2n) is 6.94. The first kappa shape index (κ1) is 19.4. The molecule has 2 aromatic carbocycles. The Labute approximate surface area is 161 Å². The second kappa shape index (κ2) is 7.70. The van der Waals surface area contributed by atoms with E-state index in [4.69, 9.17) is 0 Å². The number of rotatable bonds is 6. The average Bonchev–Trinajstić information content (AvgIpc) is 2.65. The van der Waals surface area contributed by atoms with Gasteiger partial charge < -0.3 is 9.80 Å². The number of para-hydroxylation sites is 2. The summed E-state index contributed by atoms with van der Waals surface area (Å²) in [4.78, 5) is 16.1. The summed E-state index contributed by atoms with van der Waals surface area (Å²) in [7, 11) is 0.303. The van der Waals surface area contributed by atoms with Gasteiger partial charge in [-0.1, -0.05) is 24.3 Å². The highest BCUT2D eigenvalue weighted by Crippen LogP contribution is 2.36. The van der Waals surface area contributed by atoms with E-state index in [1.54, 1.807) is 18.2 Å². The fraction of sp³-hybridized carbons (Fsp3) is 0.350. The van der Waals surface area contributed by atoms with Crippen molar-refractivity contribution in [3.8, 4) is 0 Å². The number of carbonyl (C=O) groups is 1. The Balaban J connectivity index is 1.98. The van der Waals surface area contributed by atoms with Crippen LogP contribution in [0.15, 0.2) is 53.4 Å². The van der Waals surface area contributed by atoms with Crippen LogP contribution in [0.4, 0.5) is 11.4 Å². The van der Waals surface area contributed by atoms with Crippen LogP contribution in [-0.2, 0) is 10.0 Å². The minimum Gasteiger partial charge on any atom is -0.367 e. The van der Waals surface area contributed by atoms with Crippen LogP contribution in [0.25, 0.3) is 0 Å². The van der Waals surface area contributed by atoms with Gasteiger partial charge in [0.15, 0.2) is 5.78 Å². The molecule has 1 aliphatic heterocycles. The quantitative estimate of drug-likeness (QED) is 0.713. The number of hydrogen-bond donors (Lipinski definition) is 0. The van der Waals surface area contributed by atoms with E-state index >= 15 is 0 Å². The van der Waals surface area contributed by atoms with E-state index in [0.717, 1.165) is 18.8 Å². The molecule has 27 heavy (non-hydrogen) atoms. The minimum atomic E-state index is -3.74. The molecule has 0 N–H and O–H groups in total. The van der Waals surface area contributed by atoms with Crippen molar-refractivity contribution in [2.75, 3.05) is 49.5 Å². The molecule has 0 aromatic heterocycles. The number of nitrogens with zero attached hydrogens (tertiary/aromatic N) is 3. The van der Waals surface area contributed by atoms with Gasteiger partial charge >= 0.3 is 0 Å².